The maximum absolute atomic E-state index is 12.4. The Balaban J connectivity index is 1.68. The van der Waals surface area contributed by atoms with Gasteiger partial charge >= 0.3 is 0 Å². The van der Waals surface area contributed by atoms with E-state index in [1.807, 2.05) is 12.1 Å². The number of amides is 1. The van der Waals surface area contributed by atoms with E-state index in [9.17, 15) is 13.2 Å². The molecule has 1 aromatic carbocycles. The first kappa shape index (κ1) is 19.6. The third-order valence-corrected chi connectivity index (χ3v) is 5.47. The second-order valence-electron chi connectivity index (χ2n) is 5.90. The molecule has 0 bridgehead atoms. The van der Waals surface area contributed by atoms with Crippen LogP contribution < -0.4 is 14.8 Å². The van der Waals surface area contributed by atoms with Crippen LogP contribution in [0.1, 0.15) is 16.3 Å². The first-order valence-electron chi connectivity index (χ1n) is 8.28. The van der Waals surface area contributed by atoms with E-state index in [0.29, 0.717) is 11.6 Å². The van der Waals surface area contributed by atoms with Crippen molar-refractivity contribution in [2.24, 2.45) is 7.05 Å². The number of benzene rings is 1. The average Bonchev–Trinajstić information content (AvgIpc) is 3.33. The molecule has 0 aliphatic rings. The van der Waals surface area contributed by atoms with Gasteiger partial charge in [-0.25, -0.2) is 18.1 Å². The summed E-state index contributed by atoms with van der Waals surface area (Å²) in [4.78, 5) is 16.8. The van der Waals surface area contributed by atoms with Gasteiger partial charge in [0.05, 0.1) is 13.7 Å². The van der Waals surface area contributed by atoms with Crippen LogP contribution in [-0.2, 0) is 23.6 Å². The Kier molecular flexibility index (Phi) is 5.47. The summed E-state index contributed by atoms with van der Waals surface area (Å²) >= 11 is 0. The first-order chi connectivity index (χ1) is 13.3. The fourth-order valence-corrected chi connectivity index (χ4v) is 3.32. The van der Waals surface area contributed by atoms with Crippen molar-refractivity contribution in [3.8, 4) is 17.1 Å². The summed E-state index contributed by atoms with van der Waals surface area (Å²) in [5.74, 6) is 1.26. The van der Waals surface area contributed by atoms with Crippen LogP contribution >= 0.6 is 0 Å². The Morgan fingerprint density at radius 2 is 2.00 bits per heavy atom. The molecule has 0 saturated heterocycles. The minimum Gasteiger partial charge on any atom is -0.497 e. The van der Waals surface area contributed by atoms with E-state index < -0.39 is 15.9 Å². The lowest BCUT2D eigenvalue weighted by Gasteiger charge is -2.03. The number of hydrogen-bond acceptors (Lipinski definition) is 6. The van der Waals surface area contributed by atoms with Gasteiger partial charge in [0.1, 0.15) is 22.2 Å². The number of aryl methyl sites for hydroxylation is 1. The van der Waals surface area contributed by atoms with Crippen molar-refractivity contribution in [3.05, 3.63) is 48.0 Å². The van der Waals surface area contributed by atoms with Gasteiger partial charge in [-0.05, 0) is 37.4 Å². The van der Waals surface area contributed by atoms with Crippen LogP contribution in [-0.4, -0.2) is 48.2 Å². The molecule has 0 radical (unpaired) electrons. The molecule has 0 atom stereocenters. The van der Waals surface area contributed by atoms with E-state index in [-0.39, 0.29) is 17.1 Å². The van der Waals surface area contributed by atoms with Gasteiger partial charge in [-0.3, -0.25) is 9.89 Å². The highest BCUT2D eigenvalue weighted by molar-refractivity contribution is 7.89. The lowest BCUT2D eigenvalue weighted by molar-refractivity contribution is 0.0941. The summed E-state index contributed by atoms with van der Waals surface area (Å²) in [6.07, 6.45) is 1.37. The summed E-state index contributed by atoms with van der Waals surface area (Å²) in [7, 11) is 0.878. The molecule has 0 fully saturated rings. The van der Waals surface area contributed by atoms with Crippen molar-refractivity contribution < 1.29 is 17.9 Å². The van der Waals surface area contributed by atoms with E-state index in [1.165, 1.54) is 23.9 Å². The second-order valence-corrected chi connectivity index (χ2v) is 7.78. The van der Waals surface area contributed by atoms with Crippen LogP contribution in [0.5, 0.6) is 5.75 Å². The third kappa shape index (κ3) is 4.05. The van der Waals surface area contributed by atoms with Gasteiger partial charge in [-0.2, -0.15) is 5.10 Å². The van der Waals surface area contributed by atoms with Gasteiger partial charge in [-0.15, -0.1) is 0 Å². The molecule has 28 heavy (non-hydrogen) atoms. The molecule has 0 aliphatic carbocycles. The predicted molar refractivity (Wildman–Crippen MR) is 101 cm³/mol. The summed E-state index contributed by atoms with van der Waals surface area (Å²) in [6.45, 7) is 0.112. The monoisotopic (exact) mass is 404 g/mol. The van der Waals surface area contributed by atoms with Gasteiger partial charge in [0, 0.05) is 18.8 Å². The maximum atomic E-state index is 12.4. The molecule has 3 rings (SSSR count). The Bertz CT molecular complexity index is 1090. The Labute approximate surface area is 162 Å². The number of aromatic nitrogens is 4. The smallest absolute Gasteiger partial charge is 0.268 e. The summed E-state index contributed by atoms with van der Waals surface area (Å²) in [5, 5.41) is 9.60. The van der Waals surface area contributed by atoms with Crippen molar-refractivity contribution in [1.29, 1.82) is 0 Å². The number of carbonyl (C=O) groups is 1. The van der Waals surface area contributed by atoms with E-state index in [4.69, 9.17) is 4.74 Å². The minimum absolute atomic E-state index is 0.0177. The topological polar surface area (TPSA) is 131 Å². The van der Waals surface area contributed by atoms with Crippen molar-refractivity contribution in [3.63, 3.8) is 0 Å². The van der Waals surface area contributed by atoms with Gasteiger partial charge in [-0.1, -0.05) is 0 Å². The van der Waals surface area contributed by atoms with Crippen LogP contribution in [0.2, 0.25) is 0 Å². The molecular formula is C17H20N6O4S. The quantitative estimate of drug-likeness (QED) is 0.530. The number of H-pyrrole nitrogens is 1. The zero-order valence-electron chi connectivity index (χ0n) is 15.6. The molecule has 2 aromatic heterocycles. The van der Waals surface area contributed by atoms with Crippen LogP contribution in [0.4, 0.5) is 0 Å². The van der Waals surface area contributed by atoms with Gasteiger partial charge in [0.2, 0.25) is 10.0 Å². The molecule has 3 aromatic rings. The SMILES string of the molecule is CNS(=O)(=O)c1cc(C(=O)NCc2nc(-c3ccc(OC)cc3)n[nH]2)n(C)c1. The molecule has 2 heterocycles. The number of sulfonamides is 1. The fourth-order valence-electron chi connectivity index (χ4n) is 2.52. The summed E-state index contributed by atoms with van der Waals surface area (Å²) in [5.41, 5.74) is 1.02. The zero-order chi connectivity index (χ0) is 20.3. The van der Waals surface area contributed by atoms with Crippen molar-refractivity contribution >= 4 is 15.9 Å². The average molecular weight is 404 g/mol. The van der Waals surface area contributed by atoms with Crippen molar-refractivity contribution in [2.75, 3.05) is 14.2 Å². The highest BCUT2D eigenvalue weighted by Crippen LogP contribution is 2.19. The Hall–Kier alpha value is -3.18. The summed E-state index contributed by atoms with van der Waals surface area (Å²) in [6, 6.07) is 8.58. The van der Waals surface area contributed by atoms with E-state index >= 15 is 0 Å². The molecule has 1 amide bonds. The van der Waals surface area contributed by atoms with Crippen LogP contribution in [0.25, 0.3) is 11.4 Å². The standard InChI is InChI=1S/C17H20N6O4S/c1-18-28(25,26)13-8-14(23(2)10-13)17(24)19-9-15-20-16(22-21-15)11-4-6-12(27-3)7-5-11/h4-8,10,18H,9H2,1-3H3,(H,19,24)(H,20,21,22). The van der Waals surface area contributed by atoms with Gasteiger partial charge < -0.3 is 14.6 Å². The first-order valence-corrected chi connectivity index (χ1v) is 9.76. The lowest BCUT2D eigenvalue weighted by Crippen LogP contribution is -2.25. The molecule has 10 nitrogen and oxygen atoms in total. The van der Waals surface area contributed by atoms with Crippen molar-refractivity contribution in [2.45, 2.75) is 11.4 Å². The lowest BCUT2D eigenvalue weighted by atomic mass is 10.2. The number of rotatable bonds is 7. The fraction of sp³-hybridized carbons (Fsp3) is 0.235. The van der Waals surface area contributed by atoms with E-state index in [0.717, 1.165) is 11.3 Å². The van der Waals surface area contributed by atoms with E-state index in [2.05, 4.69) is 25.2 Å². The van der Waals surface area contributed by atoms with Gasteiger partial charge in [0.15, 0.2) is 5.82 Å². The number of ether oxygens (including phenoxy) is 1. The molecule has 0 unspecified atom stereocenters. The predicted octanol–water partition coefficient (Wildman–Crippen LogP) is 0.657. The van der Waals surface area contributed by atoms with E-state index in [1.54, 1.807) is 26.3 Å². The molecule has 0 saturated carbocycles. The molecule has 3 N–H and O–H groups in total. The number of nitrogens with zero attached hydrogens (tertiary/aromatic N) is 3. The Morgan fingerprint density at radius 3 is 2.64 bits per heavy atom. The number of aromatic amines is 1. The largest absolute Gasteiger partial charge is 0.497 e. The number of methoxy groups -OCH3 is 1. The van der Waals surface area contributed by atoms with Gasteiger partial charge in [0.25, 0.3) is 5.91 Å². The maximum Gasteiger partial charge on any atom is 0.268 e. The van der Waals surface area contributed by atoms with Crippen LogP contribution in [0, 0.1) is 0 Å². The Morgan fingerprint density at radius 1 is 1.29 bits per heavy atom. The molecule has 0 spiro atoms. The number of nitrogens with one attached hydrogen (secondary N) is 3. The van der Waals surface area contributed by atoms with Crippen molar-refractivity contribution in [1.82, 2.24) is 29.8 Å². The minimum atomic E-state index is -3.62. The highest BCUT2D eigenvalue weighted by atomic mass is 32.2. The molecule has 11 heteroatoms. The van der Waals surface area contributed by atoms with Crippen LogP contribution in [0.3, 0.4) is 0 Å². The third-order valence-electron chi connectivity index (χ3n) is 4.09. The normalized spacial score (nSPS) is 11.4. The molecule has 148 valence electrons. The highest BCUT2D eigenvalue weighted by Gasteiger charge is 2.19. The molecular weight excluding hydrogens is 384 g/mol. The number of carbonyl (C=O) groups excluding carboxylic acids is 1. The number of hydrogen-bond donors (Lipinski definition) is 3. The molecule has 0 aliphatic heterocycles. The van der Waals surface area contributed by atoms with Crippen LogP contribution in [0.15, 0.2) is 41.4 Å². The zero-order valence-corrected chi connectivity index (χ0v) is 16.4. The second kappa shape index (κ2) is 7.82. The summed E-state index contributed by atoms with van der Waals surface area (Å²) < 4.78 is 32.5.